The largest absolute Gasteiger partial charge is 0.370 e. The number of carbonyl (C=O) groups is 1. The molecule has 0 saturated carbocycles. The van der Waals surface area contributed by atoms with E-state index >= 15 is 0 Å². The van der Waals surface area contributed by atoms with Gasteiger partial charge in [0.15, 0.2) is 0 Å². The third-order valence-electron chi connectivity index (χ3n) is 4.43. The molecule has 2 saturated heterocycles. The van der Waals surface area contributed by atoms with E-state index in [1.165, 1.54) is 19.3 Å². The molecule has 0 aliphatic carbocycles. The molecule has 3 rings (SSSR count). The first-order valence-electron chi connectivity index (χ1n) is 8.05. The van der Waals surface area contributed by atoms with Crippen molar-refractivity contribution < 1.29 is 4.79 Å². The summed E-state index contributed by atoms with van der Waals surface area (Å²) in [5, 5.41) is 6.22. The van der Waals surface area contributed by atoms with E-state index in [4.69, 9.17) is 0 Å². The number of aromatic nitrogens is 1. The van der Waals surface area contributed by atoms with E-state index in [9.17, 15) is 4.79 Å². The zero-order valence-electron chi connectivity index (χ0n) is 12.5. The highest BCUT2D eigenvalue weighted by molar-refractivity contribution is 5.91. The fraction of sp³-hybridized carbons (Fsp3) is 0.625. The lowest BCUT2D eigenvalue weighted by Gasteiger charge is -2.28. The Bertz CT molecular complexity index is 462. The van der Waals surface area contributed by atoms with Gasteiger partial charge >= 0.3 is 0 Å². The number of nitrogens with zero attached hydrogens (tertiary/aromatic N) is 2. The summed E-state index contributed by atoms with van der Waals surface area (Å²) in [6.07, 6.45) is 7.55. The SMILES string of the molecule is O=C(Nc1ccc(N2CCCCC2)cn1)C1CCNCC1. The van der Waals surface area contributed by atoms with E-state index in [-0.39, 0.29) is 11.8 Å². The van der Waals surface area contributed by atoms with Gasteiger partial charge in [-0.1, -0.05) is 0 Å². The molecule has 2 aliphatic rings. The third-order valence-corrected chi connectivity index (χ3v) is 4.43. The molecule has 3 heterocycles. The van der Waals surface area contributed by atoms with Crippen molar-refractivity contribution in [3.05, 3.63) is 18.3 Å². The molecule has 0 atom stereocenters. The number of rotatable bonds is 3. The maximum absolute atomic E-state index is 12.2. The lowest BCUT2D eigenvalue weighted by atomic mass is 9.97. The van der Waals surface area contributed by atoms with Gasteiger partial charge in [-0.05, 0) is 57.3 Å². The van der Waals surface area contributed by atoms with Gasteiger partial charge in [0.05, 0.1) is 11.9 Å². The molecule has 0 spiro atoms. The lowest BCUT2D eigenvalue weighted by Crippen LogP contribution is -2.34. The lowest BCUT2D eigenvalue weighted by molar-refractivity contribution is -0.120. The number of hydrogen-bond acceptors (Lipinski definition) is 4. The second-order valence-corrected chi connectivity index (χ2v) is 5.96. The first-order valence-corrected chi connectivity index (χ1v) is 8.05. The van der Waals surface area contributed by atoms with Crippen LogP contribution in [0.15, 0.2) is 18.3 Å². The zero-order chi connectivity index (χ0) is 14.5. The van der Waals surface area contributed by atoms with Crippen LogP contribution in [-0.4, -0.2) is 37.1 Å². The Balaban J connectivity index is 1.57. The summed E-state index contributed by atoms with van der Waals surface area (Å²) < 4.78 is 0. The maximum Gasteiger partial charge on any atom is 0.228 e. The van der Waals surface area contributed by atoms with Gasteiger partial charge in [-0.3, -0.25) is 4.79 Å². The average molecular weight is 288 g/mol. The maximum atomic E-state index is 12.2. The highest BCUT2D eigenvalue weighted by atomic mass is 16.1. The molecule has 1 aromatic heterocycles. The average Bonchev–Trinajstić information content (AvgIpc) is 2.57. The van der Waals surface area contributed by atoms with Crippen LogP contribution in [0.25, 0.3) is 0 Å². The summed E-state index contributed by atoms with van der Waals surface area (Å²) in [7, 11) is 0. The Kier molecular flexibility index (Phi) is 4.70. The van der Waals surface area contributed by atoms with Crippen LogP contribution in [0.5, 0.6) is 0 Å². The van der Waals surface area contributed by atoms with E-state index in [2.05, 4.69) is 26.6 Å². The first-order chi connectivity index (χ1) is 10.3. The van der Waals surface area contributed by atoms with E-state index in [0.29, 0.717) is 5.82 Å². The van der Waals surface area contributed by atoms with Crippen molar-refractivity contribution in [2.75, 3.05) is 36.4 Å². The van der Waals surface area contributed by atoms with Gasteiger partial charge in [0.1, 0.15) is 5.82 Å². The first kappa shape index (κ1) is 14.3. The highest BCUT2D eigenvalue weighted by Crippen LogP contribution is 2.20. The Labute approximate surface area is 126 Å². The second kappa shape index (κ2) is 6.89. The molecular weight excluding hydrogens is 264 g/mol. The van der Waals surface area contributed by atoms with Crippen molar-refractivity contribution in [1.82, 2.24) is 10.3 Å². The number of nitrogens with one attached hydrogen (secondary N) is 2. The Morgan fingerprint density at radius 1 is 1.19 bits per heavy atom. The van der Waals surface area contributed by atoms with Gasteiger partial charge in [0.2, 0.25) is 5.91 Å². The molecule has 5 nitrogen and oxygen atoms in total. The number of pyridine rings is 1. The van der Waals surface area contributed by atoms with Gasteiger partial charge in [0, 0.05) is 19.0 Å². The van der Waals surface area contributed by atoms with Crippen molar-refractivity contribution in [3.63, 3.8) is 0 Å². The van der Waals surface area contributed by atoms with Crippen LogP contribution >= 0.6 is 0 Å². The fourth-order valence-electron chi connectivity index (χ4n) is 3.11. The molecular formula is C16H24N4O. The molecule has 0 radical (unpaired) electrons. The van der Waals surface area contributed by atoms with Crippen LogP contribution in [0.3, 0.4) is 0 Å². The summed E-state index contributed by atoms with van der Waals surface area (Å²) in [6, 6.07) is 3.99. The van der Waals surface area contributed by atoms with Crippen LogP contribution in [0.2, 0.25) is 0 Å². The monoisotopic (exact) mass is 288 g/mol. The molecule has 2 fully saturated rings. The van der Waals surface area contributed by atoms with Crippen LogP contribution < -0.4 is 15.5 Å². The van der Waals surface area contributed by atoms with Crippen LogP contribution in [-0.2, 0) is 4.79 Å². The summed E-state index contributed by atoms with van der Waals surface area (Å²) in [5.41, 5.74) is 1.16. The van der Waals surface area contributed by atoms with Crippen molar-refractivity contribution >= 4 is 17.4 Å². The van der Waals surface area contributed by atoms with Crippen LogP contribution in [0.1, 0.15) is 32.1 Å². The van der Waals surface area contributed by atoms with E-state index in [0.717, 1.165) is 44.7 Å². The molecule has 1 aromatic rings. The Morgan fingerprint density at radius 3 is 2.62 bits per heavy atom. The minimum atomic E-state index is 0.106. The third kappa shape index (κ3) is 3.73. The zero-order valence-corrected chi connectivity index (χ0v) is 12.5. The molecule has 1 amide bonds. The molecule has 2 aliphatic heterocycles. The number of amides is 1. The fourth-order valence-corrected chi connectivity index (χ4v) is 3.11. The molecule has 5 heteroatoms. The topological polar surface area (TPSA) is 57.3 Å². The number of anilines is 2. The number of hydrogen-bond donors (Lipinski definition) is 2. The van der Waals surface area contributed by atoms with Gasteiger partial charge in [-0.25, -0.2) is 4.98 Å². The number of piperidine rings is 2. The molecule has 114 valence electrons. The standard InChI is InChI=1S/C16H24N4O/c21-16(13-6-8-17-9-7-13)19-15-5-4-14(12-18-15)20-10-2-1-3-11-20/h4-5,12-13,17H,1-3,6-11H2,(H,18,19,21). The summed E-state index contributed by atoms with van der Waals surface area (Å²) in [4.78, 5) is 18.9. The van der Waals surface area contributed by atoms with Crippen molar-refractivity contribution in [2.24, 2.45) is 5.92 Å². The molecule has 0 aromatic carbocycles. The molecule has 21 heavy (non-hydrogen) atoms. The predicted molar refractivity (Wildman–Crippen MR) is 84.5 cm³/mol. The van der Waals surface area contributed by atoms with Crippen LogP contribution in [0.4, 0.5) is 11.5 Å². The van der Waals surface area contributed by atoms with E-state index < -0.39 is 0 Å². The van der Waals surface area contributed by atoms with Crippen LogP contribution in [0, 0.1) is 5.92 Å². The van der Waals surface area contributed by atoms with Gasteiger partial charge in [-0.2, -0.15) is 0 Å². The summed E-state index contributed by atoms with van der Waals surface area (Å²) in [6.45, 7) is 4.09. The smallest absolute Gasteiger partial charge is 0.228 e. The predicted octanol–water partition coefficient (Wildman–Crippen LogP) is 2.01. The molecule has 2 N–H and O–H groups in total. The molecule has 0 unspecified atom stereocenters. The minimum absolute atomic E-state index is 0.106. The van der Waals surface area contributed by atoms with Gasteiger partial charge in [-0.15, -0.1) is 0 Å². The van der Waals surface area contributed by atoms with Gasteiger partial charge < -0.3 is 15.5 Å². The summed E-state index contributed by atoms with van der Waals surface area (Å²) in [5.74, 6) is 0.892. The quantitative estimate of drug-likeness (QED) is 0.893. The van der Waals surface area contributed by atoms with E-state index in [1.54, 1.807) is 0 Å². The Morgan fingerprint density at radius 2 is 1.95 bits per heavy atom. The summed E-state index contributed by atoms with van der Waals surface area (Å²) >= 11 is 0. The number of carbonyl (C=O) groups excluding carboxylic acids is 1. The molecule has 0 bridgehead atoms. The highest BCUT2D eigenvalue weighted by Gasteiger charge is 2.21. The van der Waals surface area contributed by atoms with Gasteiger partial charge in [0.25, 0.3) is 0 Å². The minimum Gasteiger partial charge on any atom is -0.370 e. The van der Waals surface area contributed by atoms with Crippen molar-refractivity contribution in [1.29, 1.82) is 0 Å². The van der Waals surface area contributed by atoms with Crippen molar-refractivity contribution in [3.8, 4) is 0 Å². The van der Waals surface area contributed by atoms with E-state index in [1.807, 2.05) is 12.3 Å². The second-order valence-electron chi connectivity index (χ2n) is 5.96. The normalized spacial score (nSPS) is 20.3. The van der Waals surface area contributed by atoms with Crippen molar-refractivity contribution in [2.45, 2.75) is 32.1 Å². The Hall–Kier alpha value is -1.62.